The molecule has 0 saturated carbocycles. The zero-order chi connectivity index (χ0) is 31.5. The van der Waals surface area contributed by atoms with Gasteiger partial charge in [0.15, 0.2) is 0 Å². The molecule has 1 atom stereocenters. The zero-order valence-electron chi connectivity index (χ0n) is 28.8. The lowest BCUT2D eigenvalue weighted by Gasteiger charge is -2.18. The molecule has 254 valence electrons. The number of aliphatic hydroxyl groups is 1. The Bertz CT molecular complexity index is 601. The van der Waals surface area contributed by atoms with Crippen LogP contribution in [0, 0.1) is 0 Å². The van der Waals surface area contributed by atoms with E-state index in [9.17, 15) is 9.90 Å². The number of ether oxygens (including phenoxy) is 3. The Morgan fingerprint density at radius 2 is 0.977 bits per heavy atom. The first kappa shape index (κ1) is 41.8. The Balaban J connectivity index is 3.86. The van der Waals surface area contributed by atoms with E-state index in [4.69, 9.17) is 14.2 Å². The van der Waals surface area contributed by atoms with Gasteiger partial charge in [0, 0.05) is 0 Å². The normalized spacial score (nSPS) is 12.7. The van der Waals surface area contributed by atoms with Gasteiger partial charge >= 0.3 is 5.97 Å². The van der Waals surface area contributed by atoms with Crippen molar-refractivity contribution in [3.05, 3.63) is 24.3 Å². The average molecular weight is 609 g/mol. The van der Waals surface area contributed by atoms with Crippen molar-refractivity contribution in [2.24, 2.45) is 0 Å². The number of esters is 1. The summed E-state index contributed by atoms with van der Waals surface area (Å²) >= 11 is 0. The molecule has 0 aromatic heterocycles. The predicted octanol–water partition coefficient (Wildman–Crippen LogP) is 11.2. The summed E-state index contributed by atoms with van der Waals surface area (Å²) in [5.41, 5.74) is 0. The third-order valence-electron chi connectivity index (χ3n) is 7.89. The molecular formula is C38H72O5. The van der Waals surface area contributed by atoms with Crippen LogP contribution in [-0.2, 0) is 19.0 Å². The number of allylic oxidation sites excluding steroid dienone is 4. The molecule has 0 saturated heterocycles. The standard InChI is InChI=1S/C38H72O5/c1-4-7-10-13-14-15-16-17-18-19-20-21-22-23-24-27-31-36(39)32-30-35-41-37(40)38(42-33-28-25-11-8-5-2)43-34-29-26-12-9-6-3/h14-15,17-18,36,38-39H,4-13,16,19-35H2,1-3H3. The van der Waals surface area contributed by atoms with E-state index in [-0.39, 0.29) is 6.10 Å². The number of hydrogen-bond donors (Lipinski definition) is 1. The molecule has 0 aromatic carbocycles. The van der Waals surface area contributed by atoms with Gasteiger partial charge in [-0.2, -0.15) is 0 Å². The highest BCUT2D eigenvalue weighted by Gasteiger charge is 2.21. The minimum absolute atomic E-state index is 0.301. The molecule has 0 rings (SSSR count). The molecule has 5 heteroatoms. The Morgan fingerprint density at radius 3 is 1.56 bits per heavy atom. The van der Waals surface area contributed by atoms with Gasteiger partial charge in [0.2, 0.25) is 0 Å². The van der Waals surface area contributed by atoms with Gasteiger partial charge in [-0.3, -0.25) is 0 Å². The quantitative estimate of drug-likeness (QED) is 0.0341. The second-order valence-electron chi connectivity index (χ2n) is 12.2. The minimum Gasteiger partial charge on any atom is -0.462 e. The van der Waals surface area contributed by atoms with E-state index in [0.717, 1.165) is 44.9 Å². The number of unbranched alkanes of at least 4 members (excludes halogenated alkanes) is 17. The number of aliphatic hydroxyl groups excluding tert-OH is 1. The summed E-state index contributed by atoms with van der Waals surface area (Å²) in [6.45, 7) is 8.00. The van der Waals surface area contributed by atoms with Crippen LogP contribution in [0.5, 0.6) is 0 Å². The van der Waals surface area contributed by atoms with Gasteiger partial charge in [-0.15, -0.1) is 0 Å². The van der Waals surface area contributed by atoms with Crippen molar-refractivity contribution in [1.82, 2.24) is 0 Å². The molecule has 0 aliphatic rings. The van der Waals surface area contributed by atoms with Crippen LogP contribution >= 0.6 is 0 Å². The summed E-state index contributed by atoms with van der Waals surface area (Å²) in [6.07, 6.45) is 36.3. The number of rotatable bonds is 34. The lowest BCUT2D eigenvalue weighted by atomic mass is 10.0. The van der Waals surface area contributed by atoms with Crippen LogP contribution in [0.15, 0.2) is 24.3 Å². The highest BCUT2D eigenvalue weighted by molar-refractivity contribution is 5.73. The molecule has 43 heavy (non-hydrogen) atoms. The summed E-state index contributed by atoms with van der Waals surface area (Å²) < 4.78 is 17.0. The van der Waals surface area contributed by atoms with Crippen molar-refractivity contribution >= 4 is 5.97 Å². The summed E-state index contributed by atoms with van der Waals surface area (Å²) in [7, 11) is 0. The van der Waals surface area contributed by atoms with Crippen molar-refractivity contribution < 1.29 is 24.1 Å². The van der Waals surface area contributed by atoms with E-state index in [1.807, 2.05) is 0 Å². The number of carbonyl (C=O) groups excluding carboxylic acids is 1. The second-order valence-corrected chi connectivity index (χ2v) is 12.2. The molecule has 0 radical (unpaired) electrons. The van der Waals surface area contributed by atoms with E-state index >= 15 is 0 Å². The molecule has 5 nitrogen and oxygen atoms in total. The van der Waals surface area contributed by atoms with Crippen molar-refractivity contribution in [1.29, 1.82) is 0 Å². The van der Waals surface area contributed by atoms with Crippen LogP contribution in [0.1, 0.15) is 181 Å². The molecule has 0 fully saturated rings. The molecule has 0 heterocycles. The van der Waals surface area contributed by atoms with Crippen molar-refractivity contribution in [2.45, 2.75) is 194 Å². The minimum atomic E-state index is -0.930. The maximum Gasteiger partial charge on any atom is 0.363 e. The summed E-state index contributed by atoms with van der Waals surface area (Å²) in [6, 6.07) is 0. The molecule has 0 bridgehead atoms. The van der Waals surface area contributed by atoms with Crippen LogP contribution in [0.2, 0.25) is 0 Å². The van der Waals surface area contributed by atoms with Gasteiger partial charge in [-0.05, 0) is 64.2 Å². The largest absolute Gasteiger partial charge is 0.462 e. The number of carbonyl (C=O) groups is 1. The third-order valence-corrected chi connectivity index (χ3v) is 7.89. The van der Waals surface area contributed by atoms with E-state index in [1.54, 1.807) is 0 Å². The van der Waals surface area contributed by atoms with Gasteiger partial charge in [-0.25, -0.2) is 4.79 Å². The van der Waals surface area contributed by atoms with Crippen LogP contribution in [0.25, 0.3) is 0 Å². The van der Waals surface area contributed by atoms with Crippen LogP contribution in [0.3, 0.4) is 0 Å². The molecular weight excluding hydrogens is 536 g/mol. The average Bonchev–Trinajstić information content (AvgIpc) is 3.01. The Labute approximate surface area is 267 Å². The molecule has 0 spiro atoms. The second kappa shape index (κ2) is 35.3. The summed E-state index contributed by atoms with van der Waals surface area (Å²) in [5.74, 6) is -0.429. The smallest absolute Gasteiger partial charge is 0.363 e. The van der Waals surface area contributed by atoms with Gasteiger partial charge < -0.3 is 19.3 Å². The van der Waals surface area contributed by atoms with E-state index < -0.39 is 12.3 Å². The van der Waals surface area contributed by atoms with Gasteiger partial charge in [0.25, 0.3) is 6.29 Å². The maximum absolute atomic E-state index is 12.6. The van der Waals surface area contributed by atoms with E-state index in [2.05, 4.69) is 45.1 Å². The highest BCUT2D eigenvalue weighted by Crippen LogP contribution is 2.13. The van der Waals surface area contributed by atoms with Crippen molar-refractivity contribution in [3.63, 3.8) is 0 Å². The fourth-order valence-electron chi connectivity index (χ4n) is 5.05. The molecule has 0 aromatic rings. The van der Waals surface area contributed by atoms with E-state index in [1.165, 1.54) is 103 Å². The molecule has 1 unspecified atom stereocenters. The van der Waals surface area contributed by atoms with Gasteiger partial charge in [-0.1, -0.05) is 141 Å². The summed E-state index contributed by atoms with van der Waals surface area (Å²) in [5, 5.41) is 10.3. The Morgan fingerprint density at radius 1 is 0.535 bits per heavy atom. The highest BCUT2D eigenvalue weighted by atomic mass is 16.7. The molecule has 0 amide bonds. The lowest BCUT2D eigenvalue weighted by Crippen LogP contribution is -2.31. The lowest BCUT2D eigenvalue weighted by molar-refractivity contribution is -0.196. The topological polar surface area (TPSA) is 65.0 Å². The first-order chi connectivity index (χ1) is 21.2. The Hall–Kier alpha value is -1.17. The third kappa shape index (κ3) is 32.0. The monoisotopic (exact) mass is 609 g/mol. The summed E-state index contributed by atoms with van der Waals surface area (Å²) in [4.78, 5) is 12.6. The molecule has 0 aliphatic heterocycles. The molecule has 1 N–H and O–H groups in total. The van der Waals surface area contributed by atoms with Gasteiger partial charge in [0.1, 0.15) is 0 Å². The van der Waals surface area contributed by atoms with E-state index in [0.29, 0.717) is 32.7 Å². The van der Waals surface area contributed by atoms with Crippen LogP contribution in [0.4, 0.5) is 0 Å². The molecule has 0 aliphatic carbocycles. The predicted molar refractivity (Wildman–Crippen MR) is 183 cm³/mol. The fourth-order valence-corrected chi connectivity index (χ4v) is 5.05. The first-order valence-corrected chi connectivity index (χ1v) is 18.5. The zero-order valence-corrected chi connectivity index (χ0v) is 28.8. The first-order valence-electron chi connectivity index (χ1n) is 18.5. The SMILES string of the molecule is CCCCCC=CCC=CCCCCCCCCC(O)CCCOC(=O)C(OCCCCCCC)OCCCCCCC. The van der Waals surface area contributed by atoms with Crippen molar-refractivity contribution in [2.75, 3.05) is 19.8 Å². The maximum atomic E-state index is 12.6. The van der Waals surface area contributed by atoms with Crippen molar-refractivity contribution in [3.8, 4) is 0 Å². The Kier molecular flexibility index (Phi) is 34.3. The fraction of sp³-hybridized carbons (Fsp3) is 0.868. The van der Waals surface area contributed by atoms with Crippen LogP contribution in [-0.4, -0.2) is 43.3 Å². The van der Waals surface area contributed by atoms with Gasteiger partial charge in [0.05, 0.1) is 25.9 Å². The van der Waals surface area contributed by atoms with Crippen LogP contribution < -0.4 is 0 Å². The number of hydrogen-bond acceptors (Lipinski definition) is 5.